The van der Waals surface area contributed by atoms with E-state index in [9.17, 15) is 13.2 Å². The molecule has 0 spiro atoms. The number of carbonyl (C=O) groups is 1. The number of Topliss-reactive ketones (excluding diaryl/α,β-unsaturated/α-hetero) is 1. The van der Waals surface area contributed by atoms with Crippen LogP contribution in [-0.4, -0.2) is 31.3 Å². The normalized spacial score (nSPS) is 11.6. The molecule has 1 heterocycles. The zero-order valence-corrected chi connectivity index (χ0v) is 13.8. The van der Waals surface area contributed by atoms with Crippen LogP contribution in [0, 0.1) is 0 Å². The van der Waals surface area contributed by atoms with Crippen molar-refractivity contribution in [1.29, 1.82) is 0 Å². The Hall–Kier alpha value is -2.71. The SMILES string of the molecule is COc1cc(S(N)(=O)=O)ccc1-c1nc2ccc(C(C)=O)cc2[nH]1. The third-order valence-corrected chi connectivity index (χ3v) is 4.56. The molecular weight excluding hydrogens is 330 g/mol. The number of hydrogen-bond donors (Lipinski definition) is 2. The number of primary sulfonamides is 1. The fourth-order valence-electron chi connectivity index (χ4n) is 2.40. The maximum atomic E-state index is 11.5. The summed E-state index contributed by atoms with van der Waals surface area (Å²) in [4.78, 5) is 19.0. The Kier molecular flexibility index (Phi) is 3.86. The number of ether oxygens (including phenoxy) is 1. The quantitative estimate of drug-likeness (QED) is 0.703. The highest BCUT2D eigenvalue weighted by atomic mass is 32.2. The highest BCUT2D eigenvalue weighted by Gasteiger charge is 2.16. The van der Waals surface area contributed by atoms with Gasteiger partial charge in [0, 0.05) is 11.6 Å². The van der Waals surface area contributed by atoms with Crippen molar-refractivity contribution in [3.63, 3.8) is 0 Å². The molecule has 0 bridgehead atoms. The lowest BCUT2D eigenvalue weighted by molar-refractivity contribution is 0.101. The summed E-state index contributed by atoms with van der Waals surface area (Å²) >= 11 is 0. The molecular formula is C16H15N3O4S. The molecule has 0 atom stereocenters. The van der Waals surface area contributed by atoms with Gasteiger partial charge in [0.2, 0.25) is 10.0 Å². The molecule has 0 fully saturated rings. The minimum absolute atomic E-state index is 0.0388. The van der Waals surface area contributed by atoms with Gasteiger partial charge in [-0.15, -0.1) is 0 Å². The number of aromatic nitrogens is 2. The van der Waals surface area contributed by atoms with Gasteiger partial charge in [-0.25, -0.2) is 18.5 Å². The van der Waals surface area contributed by atoms with Crippen LogP contribution in [0.25, 0.3) is 22.4 Å². The average molecular weight is 345 g/mol. The summed E-state index contributed by atoms with van der Waals surface area (Å²) in [5, 5.41) is 5.14. The Morgan fingerprint density at radius 3 is 2.58 bits per heavy atom. The Labute approximate surface area is 138 Å². The van der Waals surface area contributed by atoms with Crippen molar-refractivity contribution >= 4 is 26.8 Å². The predicted octanol–water partition coefficient (Wildman–Crippen LogP) is 2.09. The molecule has 0 aliphatic heterocycles. The smallest absolute Gasteiger partial charge is 0.238 e. The van der Waals surface area contributed by atoms with Crippen molar-refractivity contribution in [1.82, 2.24) is 9.97 Å². The van der Waals surface area contributed by atoms with Gasteiger partial charge in [0.25, 0.3) is 0 Å². The van der Waals surface area contributed by atoms with Crippen molar-refractivity contribution in [2.75, 3.05) is 7.11 Å². The molecule has 24 heavy (non-hydrogen) atoms. The van der Waals surface area contributed by atoms with Crippen LogP contribution in [0.2, 0.25) is 0 Å². The van der Waals surface area contributed by atoms with E-state index >= 15 is 0 Å². The van der Waals surface area contributed by atoms with Gasteiger partial charge in [0.15, 0.2) is 5.78 Å². The number of fused-ring (bicyclic) bond motifs is 1. The maximum absolute atomic E-state index is 11.5. The van der Waals surface area contributed by atoms with E-state index in [4.69, 9.17) is 9.88 Å². The molecule has 3 rings (SSSR count). The number of nitrogens with zero attached hydrogens (tertiary/aromatic N) is 1. The van der Waals surface area contributed by atoms with Crippen LogP contribution in [0.4, 0.5) is 0 Å². The first-order chi connectivity index (χ1) is 11.3. The number of aromatic amines is 1. The molecule has 8 heteroatoms. The van der Waals surface area contributed by atoms with Crippen LogP contribution in [-0.2, 0) is 10.0 Å². The molecule has 0 amide bonds. The number of benzene rings is 2. The van der Waals surface area contributed by atoms with Crippen molar-refractivity contribution < 1.29 is 17.9 Å². The number of sulfonamides is 1. The number of carbonyl (C=O) groups excluding carboxylic acids is 1. The average Bonchev–Trinajstić information content (AvgIpc) is 2.96. The third kappa shape index (κ3) is 2.89. The molecule has 3 N–H and O–H groups in total. The number of nitrogens with one attached hydrogen (secondary N) is 1. The molecule has 0 radical (unpaired) electrons. The molecule has 1 aromatic heterocycles. The predicted molar refractivity (Wildman–Crippen MR) is 89.5 cm³/mol. The van der Waals surface area contributed by atoms with E-state index in [1.54, 1.807) is 24.3 Å². The van der Waals surface area contributed by atoms with E-state index < -0.39 is 10.0 Å². The van der Waals surface area contributed by atoms with Crippen LogP contribution in [0.3, 0.4) is 0 Å². The zero-order valence-electron chi connectivity index (χ0n) is 13.0. The van der Waals surface area contributed by atoms with E-state index in [0.29, 0.717) is 33.7 Å². The van der Waals surface area contributed by atoms with Crippen molar-refractivity contribution in [2.24, 2.45) is 5.14 Å². The lowest BCUT2D eigenvalue weighted by Crippen LogP contribution is -2.12. The highest BCUT2D eigenvalue weighted by molar-refractivity contribution is 7.89. The van der Waals surface area contributed by atoms with E-state index in [1.165, 1.54) is 26.2 Å². The Bertz CT molecular complexity index is 1050. The minimum atomic E-state index is -3.82. The molecule has 0 aliphatic rings. The third-order valence-electron chi connectivity index (χ3n) is 3.65. The summed E-state index contributed by atoms with van der Waals surface area (Å²) in [6.45, 7) is 1.49. The second-order valence-corrected chi connectivity index (χ2v) is 6.84. The minimum Gasteiger partial charge on any atom is -0.496 e. The fraction of sp³-hybridized carbons (Fsp3) is 0.125. The number of ketones is 1. The highest BCUT2D eigenvalue weighted by Crippen LogP contribution is 2.31. The lowest BCUT2D eigenvalue weighted by atomic mass is 10.1. The van der Waals surface area contributed by atoms with E-state index in [-0.39, 0.29) is 10.7 Å². The number of imidazole rings is 1. The van der Waals surface area contributed by atoms with Gasteiger partial charge >= 0.3 is 0 Å². The Morgan fingerprint density at radius 2 is 1.96 bits per heavy atom. The number of nitrogens with two attached hydrogens (primary N) is 1. The van der Waals surface area contributed by atoms with Crippen LogP contribution in [0.5, 0.6) is 5.75 Å². The van der Waals surface area contributed by atoms with E-state index in [1.807, 2.05) is 0 Å². The molecule has 0 aliphatic carbocycles. The first-order valence-electron chi connectivity index (χ1n) is 7.01. The fourth-order valence-corrected chi connectivity index (χ4v) is 2.93. The first kappa shape index (κ1) is 16.2. The standard InChI is InChI=1S/C16H15N3O4S/c1-9(20)10-3-6-13-14(7-10)19-16(18-13)12-5-4-11(24(17,21)22)8-15(12)23-2/h3-8H,1-2H3,(H,18,19)(H2,17,21,22). The molecule has 0 unspecified atom stereocenters. The summed E-state index contributed by atoms with van der Waals surface area (Å²) in [5.74, 6) is 0.791. The van der Waals surface area contributed by atoms with Crippen LogP contribution >= 0.6 is 0 Å². The molecule has 0 saturated heterocycles. The first-order valence-corrected chi connectivity index (χ1v) is 8.56. The largest absolute Gasteiger partial charge is 0.496 e. The van der Waals surface area contributed by atoms with Crippen LogP contribution in [0.15, 0.2) is 41.3 Å². The molecule has 2 aromatic carbocycles. The number of rotatable bonds is 4. The van der Waals surface area contributed by atoms with Gasteiger partial charge in [-0.1, -0.05) is 0 Å². The van der Waals surface area contributed by atoms with Gasteiger partial charge in [0.05, 0.1) is 28.6 Å². The number of hydrogen-bond acceptors (Lipinski definition) is 5. The second kappa shape index (κ2) is 5.73. The van der Waals surface area contributed by atoms with Gasteiger partial charge in [-0.3, -0.25) is 4.79 Å². The van der Waals surface area contributed by atoms with Crippen LogP contribution in [0.1, 0.15) is 17.3 Å². The van der Waals surface area contributed by atoms with Gasteiger partial charge in [-0.05, 0) is 37.3 Å². The summed E-state index contributed by atoms with van der Waals surface area (Å²) in [7, 11) is -2.39. The van der Waals surface area contributed by atoms with E-state index in [2.05, 4.69) is 9.97 Å². The Balaban J connectivity index is 2.14. The molecule has 0 saturated carbocycles. The monoisotopic (exact) mass is 345 g/mol. The molecule has 124 valence electrons. The van der Waals surface area contributed by atoms with Gasteiger partial charge < -0.3 is 9.72 Å². The van der Waals surface area contributed by atoms with Gasteiger partial charge in [0.1, 0.15) is 11.6 Å². The molecule has 7 nitrogen and oxygen atoms in total. The summed E-state index contributed by atoms with van der Waals surface area (Å²) in [5.41, 5.74) is 2.56. The summed E-state index contributed by atoms with van der Waals surface area (Å²) in [6, 6.07) is 9.48. The number of methoxy groups -OCH3 is 1. The summed E-state index contributed by atoms with van der Waals surface area (Å²) < 4.78 is 28.2. The topological polar surface area (TPSA) is 115 Å². The van der Waals surface area contributed by atoms with Crippen LogP contribution < -0.4 is 9.88 Å². The zero-order chi connectivity index (χ0) is 17.5. The summed E-state index contributed by atoms with van der Waals surface area (Å²) in [6.07, 6.45) is 0. The molecule has 3 aromatic rings. The van der Waals surface area contributed by atoms with Gasteiger partial charge in [-0.2, -0.15) is 0 Å². The Morgan fingerprint density at radius 1 is 1.21 bits per heavy atom. The lowest BCUT2D eigenvalue weighted by Gasteiger charge is -2.08. The van der Waals surface area contributed by atoms with E-state index in [0.717, 1.165) is 0 Å². The maximum Gasteiger partial charge on any atom is 0.238 e. The van der Waals surface area contributed by atoms with Crippen molar-refractivity contribution in [3.8, 4) is 17.1 Å². The number of H-pyrrole nitrogens is 1. The van der Waals surface area contributed by atoms with Crippen molar-refractivity contribution in [2.45, 2.75) is 11.8 Å². The second-order valence-electron chi connectivity index (χ2n) is 5.28. The van der Waals surface area contributed by atoms with Crippen molar-refractivity contribution in [3.05, 3.63) is 42.0 Å².